The minimum atomic E-state index is -0.693. The largest absolute Gasteiger partial charge is 0.471 e. The molecule has 1 spiro atoms. The molecule has 2 aromatic rings. The Bertz CT molecular complexity index is 1910. The van der Waals surface area contributed by atoms with Crippen LogP contribution in [0.15, 0.2) is 57.3 Å². The molecule has 2 bridgehead atoms. The molecule has 7 fully saturated rings. The number of nitrogens with two attached hydrogens (primary N) is 1. The summed E-state index contributed by atoms with van der Waals surface area (Å²) in [7, 11) is 5.75. The number of guanidine groups is 2. The number of aliphatic imine (C=N–C) groups is 2. The van der Waals surface area contributed by atoms with Gasteiger partial charge in [0.05, 0.1) is 41.8 Å². The standard InChI is InChI=1S/C47H70N6O4S2/c1-29-21-46(16-10-30(22-46)11-17-47(55)14-6-9-35(54)23-47)41-45(3,57-41)15-12-38-36(29)24-44(38,2)39-20-33-19-34(39)27-58-59-28-51-43(49-4)53-40(33)52-42(48)50-18-13-31-7-5-8-32-25-56-26-37(31)32/h5,7-8,25-26,30,33-36,38-41,54-55H,1,6,9-24,27-28H2,2-4H3,(H3,48,50,52)(H2,49,51,53)/t30-,33-,34+,35-,36-,38+,39+,40+,41-,44+,45-,46-,47+/m1/s1. The topological polar surface area (TPSA) is 153 Å². The molecule has 0 amide bonds. The van der Waals surface area contributed by atoms with E-state index in [0.717, 1.165) is 92.6 Å². The Labute approximate surface area is 360 Å². The van der Waals surface area contributed by atoms with Crippen molar-refractivity contribution in [3.05, 3.63) is 48.4 Å². The molecule has 59 heavy (non-hydrogen) atoms. The van der Waals surface area contributed by atoms with Gasteiger partial charge in [-0.3, -0.25) is 9.98 Å². The lowest BCUT2D eigenvalue weighted by molar-refractivity contribution is -0.0806. The second-order valence-electron chi connectivity index (χ2n) is 20.6. The third-order valence-corrected chi connectivity index (χ3v) is 19.1. The summed E-state index contributed by atoms with van der Waals surface area (Å²) in [5, 5.41) is 34.8. The second-order valence-corrected chi connectivity index (χ2v) is 23.1. The van der Waals surface area contributed by atoms with E-state index in [0.29, 0.717) is 60.5 Å². The van der Waals surface area contributed by atoms with Crippen molar-refractivity contribution in [1.82, 2.24) is 16.0 Å². The molecule has 12 heteroatoms. The Kier molecular flexibility index (Phi) is 11.9. The van der Waals surface area contributed by atoms with Crippen LogP contribution in [0.1, 0.15) is 116 Å². The molecule has 7 aliphatic rings. The number of hydrogen-bond donors (Lipinski definition) is 6. The van der Waals surface area contributed by atoms with Crippen molar-refractivity contribution >= 4 is 44.3 Å². The molecule has 2 aliphatic heterocycles. The first kappa shape index (κ1) is 41.9. The Balaban J connectivity index is 0.884. The summed E-state index contributed by atoms with van der Waals surface area (Å²) in [5.74, 6) is 6.61. The maximum atomic E-state index is 11.3. The summed E-state index contributed by atoms with van der Waals surface area (Å²) in [4.78, 5) is 9.42. The van der Waals surface area contributed by atoms with Gasteiger partial charge in [-0.05, 0) is 150 Å². The first-order valence-electron chi connectivity index (χ1n) is 22.9. The van der Waals surface area contributed by atoms with Crippen molar-refractivity contribution in [2.45, 2.75) is 146 Å². The van der Waals surface area contributed by atoms with E-state index >= 15 is 0 Å². The van der Waals surface area contributed by atoms with Crippen LogP contribution < -0.4 is 21.7 Å². The summed E-state index contributed by atoms with van der Waals surface area (Å²) in [6.45, 7) is 10.6. The van der Waals surface area contributed by atoms with Crippen molar-refractivity contribution in [2.24, 2.45) is 62.1 Å². The van der Waals surface area contributed by atoms with Gasteiger partial charge >= 0.3 is 0 Å². The lowest BCUT2D eigenvalue weighted by Crippen LogP contribution is -2.57. The molecule has 1 aromatic carbocycles. The number of epoxide rings is 1. The van der Waals surface area contributed by atoms with Crippen LogP contribution in [0.25, 0.3) is 10.8 Å². The quantitative estimate of drug-likeness (QED) is 0.0505. The van der Waals surface area contributed by atoms with E-state index in [1.54, 1.807) is 6.26 Å². The fourth-order valence-electron chi connectivity index (χ4n) is 13.8. The number of aliphatic hydroxyl groups excluding tert-OH is 1. The Morgan fingerprint density at radius 3 is 2.78 bits per heavy atom. The number of rotatable bonds is 8. The Morgan fingerprint density at radius 2 is 1.93 bits per heavy atom. The van der Waals surface area contributed by atoms with Crippen LogP contribution in [-0.4, -0.2) is 76.9 Å². The zero-order valence-electron chi connectivity index (χ0n) is 35.7. The molecule has 13 atom stereocenters. The first-order valence-corrected chi connectivity index (χ1v) is 25.4. The van der Waals surface area contributed by atoms with Crippen LogP contribution in [0.2, 0.25) is 0 Å². The number of fused-ring (bicyclic) bond motifs is 6. The van der Waals surface area contributed by atoms with Gasteiger partial charge < -0.3 is 41.1 Å². The zero-order chi connectivity index (χ0) is 41.0. The van der Waals surface area contributed by atoms with Gasteiger partial charge in [-0.15, -0.1) is 0 Å². The van der Waals surface area contributed by atoms with Crippen LogP contribution in [0.4, 0.5) is 0 Å². The molecular formula is C47H70N6O4S2. The first-order chi connectivity index (χ1) is 28.4. The van der Waals surface area contributed by atoms with E-state index in [1.165, 1.54) is 43.2 Å². The molecule has 324 valence electrons. The summed E-state index contributed by atoms with van der Waals surface area (Å²) in [6.07, 6.45) is 19.8. The molecule has 9 rings (SSSR count). The number of nitrogens with one attached hydrogen (secondary N) is 3. The highest BCUT2D eigenvalue weighted by atomic mass is 33.1. The molecule has 0 unspecified atom stereocenters. The fourth-order valence-corrected chi connectivity index (χ4v) is 15.9. The third kappa shape index (κ3) is 8.44. The van der Waals surface area contributed by atoms with E-state index in [4.69, 9.17) is 26.5 Å². The number of hydrogen-bond acceptors (Lipinski definition) is 8. The minimum absolute atomic E-state index is 0.0446. The summed E-state index contributed by atoms with van der Waals surface area (Å²) in [5.41, 5.74) is 9.07. The van der Waals surface area contributed by atoms with Crippen LogP contribution in [0.3, 0.4) is 0 Å². The average Bonchev–Trinajstić information content (AvgIpc) is 3.60. The van der Waals surface area contributed by atoms with Gasteiger partial charge in [-0.25, -0.2) is 0 Å². The van der Waals surface area contributed by atoms with E-state index in [1.807, 2.05) is 34.9 Å². The van der Waals surface area contributed by atoms with E-state index < -0.39 is 5.60 Å². The fraction of sp³-hybridized carbons (Fsp3) is 0.745. The molecule has 3 heterocycles. The van der Waals surface area contributed by atoms with Gasteiger partial charge in [0.1, 0.15) is 6.17 Å². The number of ether oxygens (including phenoxy) is 1. The molecular weight excluding hydrogens is 777 g/mol. The maximum absolute atomic E-state index is 11.3. The minimum Gasteiger partial charge on any atom is -0.471 e. The average molecular weight is 847 g/mol. The van der Waals surface area contributed by atoms with Crippen LogP contribution in [0, 0.1) is 46.3 Å². The molecule has 5 saturated carbocycles. The number of furan rings is 1. The highest BCUT2D eigenvalue weighted by Crippen LogP contribution is 2.70. The van der Waals surface area contributed by atoms with Crippen molar-refractivity contribution < 1.29 is 19.4 Å². The number of nitrogens with zero attached hydrogens (tertiary/aromatic N) is 2. The lowest BCUT2D eigenvalue weighted by Gasteiger charge is -2.59. The second kappa shape index (κ2) is 16.7. The molecule has 2 saturated heterocycles. The van der Waals surface area contributed by atoms with Gasteiger partial charge in [0, 0.05) is 42.0 Å². The van der Waals surface area contributed by atoms with Crippen LogP contribution >= 0.6 is 21.6 Å². The molecule has 10 nitrogen and oxygen atoms in total. The van der Waals surface area contributed by atoms with Crippen molar-refractivity contribution in [3.8, 4) is 0 Å². The number of allylic oxidation sites excluding steroid dienone is 1. The van der Waals surface area contributed by atoms with Gasteiger partial charge in [-0.1, -0.05) is 58.9 Å². The predicted molar refractivity (Wildman–Crippen MR) is 242 cm³/mol. The monoisotopic (exact) mass is 846 g/mol. The highest BCUT2D eigenvalue weighted by Gasteiger charge is 2.67. The normalized spacial score (nSPS) is 43.3. The van der Waals surface area contributed by atoms with E-state index in [2.05, 4.69) is 53.0 Å². The van der Waals surface area contributed by atoms with E-state index in [-0.39, 0.29) is 28.7 Å². The zero-order valence-corrected chi connectivity index (χ0v) is 37.4. The molecule has 0 radical (unpaired) electrons. The smallest absolute Gasteiger partial charge is 0.193 e. The van der Waals surface area contributed by atoms with E-state index in [9.17, 15) is 10.2 Å². The van der Waals surface area contributed by atoms with Crippen molar-refractivity contribution in [1.29, 1.82) is 0 Å². The maximum Gasteiger partial charge on any atom is 0.193 e. The summed E-state index contributed by atoms with van der Waals surface area (Å²) in [6, 6.07) is 6.29. The Hall–Kier alpha value is -2.38. The number of benzene rings is 1. The van der Waals surface area contributed by atoms with Crippen molar-refractivity contribution in [3.63, 3.8) is 0 Å². The summed E-state index contributed by atoms with van der Waals surface area (Å²) >= 11 is 0. The summed E-state index contributed by atoms with van der Waals surface area (Å²) < 4.78 is 12.3. The van der Waals surface area contributed by atoms with Gasteiger partial charge in [0.2, 0.25) is 0 Å². The number of aliphatic hydroxyl groups is 2. The predicted octanol–water partition coefficient (Wildman–Crippen LogP) is 8.14. The van der Waals surface area contributed by atoms with Gasteiger partial charge in [0.25, 0.3) is 0 Å². The molecule has 7 N–H and O–H groups in total. The van der Waals surface area contributed by atoms with Crippen LogP contribution in [0.5, 0.6) is 0 Å². The molecule has 1 aromatic heterocycles. The highest BCUT2D eigenvalue weighted by molar-refractivity contribution is 8.76. The van der Waals surface area contributed by atoms with Crippen LogP contribution in [-0.2, 0) is 11.2 Å². The van der Waals surface area contributed by atoms with Gasteiger partial charge in [0.15, 0.2) is 11.9 Å². The third-order valence-electron chi connectivity index (χ3n) is 16.9. The van der Waals surface area contributed by atoms with Gasteiger partial charge in [-0.2, -0.15) is 0 Å². The van der Waals surface area contributed by atoms with Crippen molar-refractivity contribution in [2.75, 3.05) is 25.2 Å². The lowest BCUT2D eigenvalue weighted by atomic mass is 9.45. The Morgan fingerprint density at radius 1 is 1.05 bits per heavy atom. The SMILES string of the molecule is C=C1C[C@@]2(CC[C@H](CC[C@@]3(O)CCC[C@@H](O)C3)C2)[C@@H]2O[C@]2(C)CC[C@H]2[C@@H]1C[C@]2(C)[C@H]1C[C@H]2C[C@H]1CSSCNC(=NC)N[C@@H]2NC(N)=NCCc1cccc2cocc12. The molecule has 5 aliphatic carbocycles.